The molecule has 0 saturated carbocycles. The summed E-state index contributed by atoms with van der Waals surface area (Å²) in [4.78, 5) is 28.4. The van der Waals surface area contributed by atoms with Crippen LogP contribution in [0.15, 0.2) is 42.5 Å². The molecule has 1 heterocycles. The molecular formula is C22H26N4O2. The van der Waals surface area contributed by atoms with Crippen LogP contribution in [0.4, 0.5) is 5.69 Å². The predicted octanol–water partition coefficient (Wildman–Crippen LogP) is 3.36. The van der Waals surface area contributed by atoms with Gasteiger partial charge in [-0.2, -0.15) is 0 Å². The number of aromatic nitrogens is 2. The molecule has 2 amide bonds. The van der Waals surface area contributed by atoms with Crippen molar-refractivity contribution in [1.29, 1.82) is 0 Å². The number of para-hydroxylation sites is 2. The Hall–Kier alpha value is -3.15. The molecule has 0 bridgehead atoms. The number of fused-ring (bicyclic) bond motifs is 1. The summed E-state index contributed by atoms with van der Waals surface area (Å²) < 4.78 is 1.96. The van der Waals surface area contributed by atoms with Gasteiger partial charge < -0.3 is 15.2 Å². The number of anilines is 1. The van der Waals surface area contributed by atoms with Crippen LogP contribution in [-0.4, -0.2) is 27.9 Å². The van der Waals surface area contributed by atoms with Crippen LogP contribution in [0.2, 0.25) is 0 Å². The quantitative estimate of drug-likeness (QED) is 0.619. The maximum absolute atomic E-state index is 12.7. The molecule has 3 rings (SSSR count). The maximum Gasteiger partial charge on any atom is 0.244 e. The number of imidazole rings is 1. The standard InChI is InChI=1S/C22H26N4O2/c1-15-11-16(2)13-18(12-15)24-22(28)14-26-20-8-5-4-7-19(20)25-21(26)9-6-10-23-17(3)27/h4-5,7-8,11-13H,6,9-10,14H2,1-3H3,(H,23,27)(H,24,28). The van der Waals surface area contributed by atoms with Crippen LogP contribution in [-0.2, 0) is 22.6 Å². The van der Waals surface area contributed by atoms with E-state index in [1.807, 2.05) is 54.8 Å². The first kappa shape index (κ1) is 19.6. The highest BCUT2D eigenvalue weighted by atomic mass is 16.2. The normalized spacial score (nSPS) is 10.8. The predicted molar refractivity (Wildman–Crippen MR) is 111 cm³/mol. The SMILES string of the molecule is CC(=O)NCCCc1nc2ccccc2n1CC(=O)Nc1cc(C)cc(C)c1. The zero-order valence-electron chi connectivity index (χ0n) is 16.6. The minimum Gasteiger partial charge on any atom is -0.356 e. The number of hydrogen-bond donors (Lipinski definition) is 2. The van der Waals surface area contributed by atoms with Gasteiger partial charge in [0, 0.05) is 25.6 Å². The van der Waals surface area contributed by atoms with Gasteiger partial charge >= 0.3 is 0 Å². The lowest BCUT2D eigenvalue weighted by Gasteiger charge is -2.11. The molecule has 0 atom stereocenters. The lowest BCUT2D eigenvalue weighted by molar-refractivity contribution is -0.119. The molecule has 0 unspecified atom stereocenters. The van der Waals surface area contributed by atoms with Gasteiger partial charge in [-0.15, -0.1) is 0 Å². The number of nitrogens with zero attached hydrogens (tertiary/aromatic N) is 2. The first-order chi connectivity index (χ1) is 13.4. The molecule has 0 aliphatic heterocycles. The van der Waals surface area contributed by atoms with E-state index >= 15 is 0 Å². The van der Waals surface area contributed by atoms with Crippen molar-refractivity contribution in [3.8, 4) is 0 Å². The largest absolute Gasteiger partial charge is 0.356 e. The number of carbonyl (C=O) groups is 2. The fraction of sp³-hybridized carbons (Fsp3) is 0.318. The second-order valence-corrected chi connectivity index (χ2v) is 7.11. The molecule has 2 aromatic carbocycles. The number of carbonyl (C=O) groups excluding carboxylic acids is 2. The molecule has 28 heavy (non-hydrogen) atoms. The van der Waals surface area contributed by atoms with E-state index in [0.717, 1.165) is 40.1 Å². The summed E-state index contributed by atoms with van der Waals surface area (Å²) in [6, 6.07) is 13.8. The molecule has 0 radical (unpaired) electrons. The molecule has 0 spiro atoms. The van der Waals surface area contributed by atoms with Crippen LogP contribution >= 0.6 is 0 Å². The number of hydrogen-bond acceptors (Lipinski definition) is 3. The summed E-state index contributed by atoms with van der Waals surface area (Å²) in [5.41, 5.74) is 4.84. The Bertz CT molecular complexity index is 987. The van der Waals surface area contributed by atoms with Gasteiger partial charge in [0.2, 0.25) is 11.8 Å². The van der Waals surface area contributed by atoms with Crippen molar-refractivity contribution in [2.45, 2.75) is 40.2 Å². The van der Waals surface area contributed by atoms with Crippen molar-refractivity contribution in [2.24, 2.45) is 0 Å². The summed E-state index contributed by atoms with van der Waals surface area (Å²) in [5, 5.41) is 5.79. The Morgan fingerprint density at radius 2 is 1.79 bits per heavy atom. The van der Waals surface area contributed by atoms with Gasteiger partial charge in [0.05, 0.1) is 11.0 Å². The summed E-state index contributed by atoms with van der Waals surface area (Å²) in [6.07, 6.45) is 1.45. The average molecular weight is 378 g/mol. The number of nitrogens with one attached hydrogen (secondary N) is 2. The Morgan fingerprint density at radius 1 is 1.07 bits per heavy atom. The van der Waals surface area contributed by atoms with E-state index in [0.29, 0.717) is 13.0 Å². The van der Waals surface area contributed by atoms with Crippen LogP contribution in [0.25, 0.3) is 11.0 Å². The van der Waals surface area contributed by atoms with E-state index in [-0.39, 0.29) is 18.4 Å². The van der Waals surface area contributed by atoms with Crippen LogP contribution in [0, 0.1) is 13.8 Å². The average Bonchev–Trinajstić information content (AvgIpc) is 2.95. The van der Waals surface area contributed by atoms with E-state index in [4.69, 9.17) is 0 Å². The molecule has 6 nitrogen and oxygen atoms in total. The first-order valence-electron chi connectivity index (χ1n) is 9.49. The smallest absolute Gasteiger partial charge is 0.244 e. The molecule has 3 aromatic rings. The highest BCUT2D eigenvalue weighted by molar-refractivity contribution is 5.92. The number of rotatable bonds is 7. The zero-order valence-corrected chi connectivity index (χ0v) is 16.6. The number of benzene rings is 2. The van der Waals surface area contributed by atoms with E-state index < -0.39 is 0 Å². The lowest BCUT2D eigenvalue weighted by Crippen LogP contribution is -2.23. The zero-order chi connectivity index (χ0) is 20.1. The van der Waals surface area contributed by atoms with Gasteiger partial charge in [-0.05, 0) is 55.7 Å². The third-order valence-electron chi connectivity index (χ3n) is 4.49. The van der Waals surface area contributed by atoms with Gasteiger partial charge in [-0.1, -0.05) is 18.2 Å². The molecule has 0 aliphatic rings. The second-order valence-electron chi connectivity index (χ2n) is 7.11. The summed E-state index contributed by atoms with van der Waals surface area (Å²) in [7, 11) is 0. The second kappa shape index (κ2) is 8.69. The van der Waals surface area contributed by atoms with Crippen LogP contribution < -0.4 is 10.6 Å². The summed E-state index contributed by atoms with van der Waals surface area (Å²) in [6.45, 7) is 6.32. The van der Waals surface area contributed by atoms with E-state index in [1.54, 1.807) is 0 Å². The minimum absolute atomic E-state index is 0.0404. The fourth-order valence-electron chi connectivity index (χ4n) is 3.39. The minimum atomic E-state index is -0.0868. The third kappa shape index (κ3) is 4.97. The van der Waals surface area contributed by atoms with Crippen LogP contribution in [0.5, 0.6) is 0 Å². The first-order valence-corrected chi connectivity index (χ1v) is 9.49. The van der Waals surface area contributed by atoms with Crippen molar-refractivity contribution in [3.05, 3.63) is 59.4 Å². The third-order valence-corrected chi connectivity index (χ3v) is 4.49. The van der Waals surface area contributed by atoms with Crippen LogP contribution in [0.1, 0.15) is 30.3 Å². The van der Waals surface area contributed by atoms with Crippen molar-refractivity contribution in [1.82, 2.24) is 14.9 Å². The summed E-state index contributed by atoms with van der Waals surface area (Å²) >= 11 is 0. The Labute approximate surface area is 165 Å². The Morgan fingerprint density at radius 3 is 2.50 bits per heavy atom. The topological polar surface area (TPSA) is 76.0 Å². The van der Waals surface area contributed by atoms with Crippen molar-refractivity contribution in [2.75, 3.05) is 11.9 Å². The van der Waals surface area contributed by atoms with Gasteiger partial charge in [0.1, 0.15) is 12.4 Å². The van der Waals surface area contributed by atoms with Gasteiger partial charge in [-0.3, -0.25) is 9.59 Å². The van der Waals surface area contributed by atoms with Crippen LogP contribution in [0.3, 0.4) is 0 Å². The molecule has 0 fully saturated rings. The maximum atomic E-state index is 12.7. The number of amides is 2. The molecular weight excluding hydrogens is 352 g/mol. The molecule has 2 N–H and O–H groups in total. The van der Waals surface area contributed by atoms with E-state index in [1.165, 1.54) is 6.92 Å². The lowest BCUT2D eigenvalue weighted by atomic mass is 10.1. The fourth-order valence-corrected chi connectivity index (χ4v) is 3.39. The highest BCUT2D eigenvalue weighted by Gasteiger charge is 2.14. The van der Waals surface area contributed by atoms with Crippen molar-refractivity contribution in [3.63, 3.8) is 0 Å². The molecule has 1 aromatic heterocycles. The van der Waals surface area contributed by atoms with E-state index in [2.05, 4.69) is 21.7 Å². The molecule has 0 saturated heterocycles. The van der Waals surface area contributed by atoms with Gasteiger partial charge in [0.15, 0.2) is 0 Å². The molecule has 6 heteroatoms. The molecule has 0 aliphatic carbocycles. The molecule has 146 valence electrons. The summed E-state index contributed by atoms with van der Waals surface area (Å²) in [5.74, 6) is 0.722. The highest BCUT2D eigenvalue weighted by Crippen LogP contribution is 2.18. The van der Waals surface area contributed by atoms with Gasteiger partial charge in [0.25, 0.3) is 0 Å². The number of aryl methyl sites for hydroxylation is 3. The van der Waals surface area contributed by atoms with E-state index in [9.17, 15) is 9.59 Å². The Balaban J connectivity index is 1.77. The van der Waals surface area contributed by atoms with Crippen molar-refractivity contribution >= 4 is 28.5 Å². The monoisotopic (exact) mass is 378 g/mol. The van der Waals surface area contributed by atoms with Gasteiger partial charge in [-0.25, -0.2) is 4.98 Å². The van der Waals surface area contributed by atoms with Crippen molar-refractivity contribution < 1.29 is 9.59 Å². The Kier molecular flexibility index (Phi) is 6.09.